The summed E-state index contributed by atoms with van der Waals surface area (Å²) in [6, 6.07) is 8.37. The number of thiazole rings is 1. The zero-order valence-electron chi connectivity index (χ0n) is 33.8. The topological polar surface area (TPSA) is 181 Å². The van der Waals surface area contributed by atoms with E-state index in [2.05, 4.69) is 45.0 Å². The van der Waals surface area contributed by atoms with Crippen molar-refractivity contribution >= 4 is 61.9 Å². The molecule has 4 heterocycles. The number of carboxylic acids is 1. The van der Waals surface area contributed by atoms with Crippen molar-refractivity contribution in [2.45, 2.75) is 91.1 Å². The molecule has 2 unspecified atom stereocenters. The number of aliphatic hydroxyl groups is 1. The number of allylic oxidation sites excluding steroid dienone is 2. The van der Waals surface area contributed by atoms with Gasteiger partial charge in [0.2, 0.25) is 0 Å². The molecule has 1 aromatic carbocycles. The lowest BCUT2D eigenvalue weighted by molar-refractivity contribution is -0.242. The largest absolute Gasteiger partial charge is 0.476 e. The van der Waals surface area contributed by atoms with Gasteiger partial charge in [0.25, 0.3) is 0 Å². The second kappa shape index (κ2) is 15.6. The molecular weight excluding hydrogens is 758 g/mol. The fraction of sp³-hybridized carbons (Fsp3) is 0.535. The van der Waals surface area contributed by atoms with Gasteiger partial charge in [0.1, 0.15) is 11.6 Å². The summed E-state index contributed by atoms with van der Waals surface area (Å²) in [4.78, 5) is 24.0. The number of ether oxygens (including phenoxy) is 1. The average Bonchev–Trinajstić information content (AvgIpc) is 3.59. The van der Waals surface area contributed by atoms with Crippen LogP contribution >= 0.6 is 11.3 Å². The number of nitrogens with zero attached hydrogens (tertiary/aromatic N) is 5. The van der Waals surface area contributed by atoms with Gasteiger partial charge < -0.3 is 41.2 Å². The molecule has 3 aromatic heterocycles. The molecule has 5 aliphatic rings. The van der Waals surface area contributed by atoms with Crippen molar-refractivity contribution < 1.29 is 24.1 Å². The van der Waals surface area contributed by atoms with Gasteiger partial charge in [-0.15, -0.1) is 10.2 Å². The Bertz CT molecular complexity index is 2260. The number of hydrogen-bond donors (Lipinski definition) is 6. The van der Waals surface area contributed by atoms with Gasteiger partial charge in [-0.2, -0.15) is 0 Å². The van der Waals surface area contributed by atoms with E-state index in [-0.39, 0.29) is 40.0 Å². The van der Waals surface area contributed by atoms with E-state index in [1.54, 1.807) is 24.3 Å². The van der Waals surface area contributed by atoms with Crippen LogP contribution in [0.5, 0.6) is 0 Å². The Morgan fingerprint density at radius 3 is 2.59 bits per heavy atom. The Morgan fingerprint density at radius 2 is 1.86 bits per heavy atom. The van der Waals surface area contributed by atoms with Crippen LogP contribution < -0.4 is 20.9 Å². The first-order valence-electron chi connectivity index (χ1n) is 20.4. The van der Waals surface area contributed by atoms with Crippen LogP contribution in [0.3, 0.4) is 0 Å². The second-order valence-corrected chi connectivity index (χ2v) is 18.9. The van der Waals surface area contributed by atoms with E-state index in [4.69, 9.17) is 20.2 Å². The van der Waals surface area contributed by atoms with Gasteiger partial charge in [0, 0.05) is 60.4 Å². The Hall–Kier alpha value is -4.57. The molecule has 6 N–H and O–H groups in total. The molecule has 4 bridgehead atoms. The van der Waals surface area contributed by atoms with Crippen LogP contribution in [0.1, 0.15) is 99.3 Å². The average molecular weight is 812 g/mol. The van der Waals surface area contributed by atoms with E-state index in [9.17, 15) is 14.3 Å². The number of aromatic nitrogens is 4. The monoisotopic (exact) mass is 811 g/mol. The van der Waals surface area contributed by atoms with Crippen LogP contribution in [0.2, 0.25) is 0 Å². The molecule has 1 aliphatic heterocycles. The van der Waals surface area contributed by atoms with Crippen LogP contribution in [0.25, 0.3) is 15.8 Å². The predicted molar refractivity (Wildman–Crippen MR) is 225 cm³/mol. The minimum atomic E-state index is -1.18. The molecular formula is C43H54FN9O4S. The van der Waals surface area contributed by atoms with Crippen LogP contribution in [-0.4, -0.2) is 87.6 Å². The molecule has 0 radical (unpaired) electrons. The summed E-state index contributed by atoms with van der Waals surface area (Å²) in [7, 11) is 0. The Morgan fingerprint density at radius 1 is 1.07 bits per heavy atom. The number of rotatable bonds is 16. The van der Waals surface area contributed by atoms with Crippen molar-refractivity contribution in [1.82, 2.24) is 30.8 Å². The van der Waals surface area contributed by atoms with E-state index in [0.717, 1.165) is 81.3 Å². The highest BCUT2D eigenvalue weighted by atomic mass is 32.1. The number of anilines is 4. The highest BCUT2D eigenvalue weighted by molar-refractivity contribution is 7.22. The van der Waals surface area contributed by atoms with Gasteiger partial charge in [-0.25, -0.2) is 19.2 Å². The molecule has 4 saturated carbocycles. The summed E-state index contributed by atoms with van der Waals surface area (Å²) < 4.78 is 21.6. The molecule has 2 atom stereocenters. The van der Waals surface area contributed by atoms with Crippen molar-refractivity contribution in [3.63, 3.8) is 0 Å². The lowest BCUT2D eigenvalue weighted by Gasteiger charge is -2.69. The fourth-order valence-electron chi connectivity index (χ4n) is 11.6. The van der Waals surface area contributed by atoms with Crippen LogP contribution in [0.4, 0.5) is 27.0 Å². The van der Waals surface area contributed by atoms with Crippen molar-refractivity contribution in [3.8, 4) is 0 Å². The van der Waals surface area contributed by atoms with E-state index in [1.165, 1.54) is 30.0 Å². The molecule has 0 amide bonds. The van der Waals surface area contributed by atoms with Gasteiger partial charge in [-0.1, -0.05) is 31.3 Å². The number of aromatic carboxylic acids is 1. The number of fused-ring (bicyclic) bond motifs is 2. The Balaban J connectivity index is 1.02. The highest BCUT2D eigenvalue weighted by Gasteiger charge is 2.66. The van der Waals surface area contributed by atoms with Crippen LogP contribution in [0.15, 0.2) is 36.0 Å². The summed E-state index contributed by atoms with van der Waals surface area (Å²) >= 11 is 1.22. The first-order valence-corrected chi connectivity index (χ1v) is 21.2. The molecule has 15 heteroatoms. The molecule has 4 fully saturated rings. The van der Waals surface area contributed by atoms with Gasteiger partial charge in [0.05, 0.1) is 22.4 Å². The molecule has 308 valence electrons. The number of halogens is 1. The number of carbonyl (C=O) groups is 1. The van der Waals surface area contributed by atoms with Gasteiger partial charge in [-0.3, -0.25) is 0 Å². The quantitative estimate of drug-likeness (QED) is 0.0484. The molecule has 58 heavy (non-hydrogen) atoms. The zero-order valence-corrected chi connectivity index (χ0v) is 34.6. The number of pyridine rings is 1. The van der Waals surface area contributed by atoms with Crippen molar-refractivity contribution in [1.29, 1.82) is 5.41 Å². The van der Waals surface area contributed by atoms with E-state index < -0.39 is 5.97 Å². The molecule has 13 nitrogen and oxygen atoms in total. The highest BCUT2D eigenvalue weighted by Crippen LogP contribution is 2.71. The van der Waals surface area contributed by atoms with Crippen molar-refractivity contribution in [2.24, 2.45) is 16.2 Å². The van der Waals surface area contributed by atoms with Gasteiger partial charge >= 0.3 is 5.97 Å². The van der Waals surface area contributed by atoms with E-state index in [1.807, 2.05) is 18.7 Å². The first kappa shape index (κ1) is 40.2. The number of aliphatic hydroxyl groups excluding tert-OH is 1. The number of nitrogens with one attached hydrogen (secondary N) is 4. The lowest BCUT2D eigenvalue weighted by atomic mass is 9.39. The molecule has 0 spiro atoms. The van der Waals surface area contributed by atoms with Crippen LogP contribution in [-0.2, 0) is 11.2 Å². The SMILES string of the molecule is C/C(NCC12CC3(C)CC(C)(C1)CC(OCCNCCCO)(C3)C2)=C(/C=N)c1ccc(N2CCCc3c2nnc(Nc2nc4cccc(F)c4s2)c3C)nc1C(=O)O. The maximum absolute atomic E-state index is 14.4. The summed E-state index contributed by atoms with van der Waals surface area (Å²) in [5.74, 6) is 0.0805. The maximum atomic E-state index is 14.4. The van der Waals surface area contributed by atoms with Crippen molar-refractivity contribution in [2.75, 3.05) is 49.6 Å². The van der Waals surface area contributed by atoms with Gasteiger partial charge in [0.15, 0.2) is 22.5 Å². The summed E-state index contributed by atoms with van der Waals surface area (Å²) in [6.07, 6.45) is 9.99. The first-order chi connectivity index (χ1) is 27.8. The summed E-state index contributed by atoms with van der Waals surface area (Å²) in [5.41, 5.74) is 4.07. The van der Waals surface area contributed by atoms with E-state index in [0.29, 0.717) is 63.6 Å². The van der Waals surface area contributed by atoms with Crippen LogP contribution in [0, 0.1) is 34.4 Å². The number of hydrogen-bond acceptors (Lipinski definition) is 13. The second-order valence-electron chi connectivity index (χ2n) is 17.9. The minimum absolute atomic E-state index is 0.0111. The van der Waals surface area contributed by atoms with E-state index >= 15 is 0 Å². The summed E-state index contributed by atoms with van der Waals surface area (Å²) in [5, 5.41) is 48.0. The molecule has 4 aromatic rings. The minimum Gasteiger partial charge on any atom is -0.476 e. The third kappa shape index (κ3) is 7.69. The fourth-order valence-corrected chi connectivity index (χ4v) is 12.5. The smallest absolute Gasteiger partial charge is 0.355 e. The third-order valence-electron chi connectivity index (χ3n) is 12.8. The standard InChI is InChI=1S/C43H54FN9O4S/c1-26-28-8-6-15-53(37(28)52-51-36(26)50-39-48-32-10-5-9-31(44)35(32)58-39)33-12-11-29(34(49-33)38(55)56)30(18-45)27(2)47-25-42-20-40(3)19-41(4,21-42)23-43(22-40,24-42)57-17-14-46-13-7-16-54/h5,9-12,18,45-47,54H,6-8,13-17,19-25H2,1-4H3,(H,55,56)(H,48,50,51)/b30-27+,45-18?. The van der Waals surface area contributed by atoms with Crippen molar-refractivity contribution in [3.05, 3.63) is 64.2 Å². The number of benzene rings is 1. The summed E-state index contributed by atoms with van der Waals surface area (Å²) in [6.45, 7) is 12.4. The molecule has 4 aliphatic carbocycles. The predicted octanol–water partition coefficient (Wildman–Crippen LogP) is 7.53. The normalized spacial score (nSPS) is 26.4. The van der Waals surface area contributed by atoms with Gasteiger partial charge in [-0.05, 0) is 119 Å². The Kier molecular flexibility index (Phi) is 10.8. The third-order valence-corrected chi connectivity index (χ3v) is 13.8. The maximum Gasteiger partial charge on any atom is 0.355 e. The number of carboxylic acid groups (broad SMARTS) is 1. The molecule has 9 rings (SSSR count). The Labute approximate surface area is 342 Å². The lowest BCUT2D eigenvalue weighted by Crippen LogP contribution is -2.65. The zero-order chi connectivity index (χ0) is 40.9. The molecule has 0 saturated heterocycles.